The predicted octanol–water partition coefficient (Wildman–Crippen LogP) is 1.54. The summed E-state index contributed by atoms with van der Waals surface area (Å²) in [7, 11) is -3.08. The van der Waals surface area contributed by atoms with Gasteiger partial charge in [0, 0.05) is 55.2 Å². The smallest absolute Gasteiger partial charge is 0.163 e. The number of hydrogen-bond acceptors (Lipinski definition) is 6. The van der Waals surface area contributed by atoms with Gasteiger partial charge in [0.2, 0.25) is 0 Å². The lowest BCUT2D eigenvalue weighted by Gasteiger charge is -2.41. The van der Waals surface area contributed by atoms with Crippen molar-refractivity contribution in [3.8, 4) is 0 Å². The molecular formula is C19H33FN4O2S. The summed E-state index contributed by atoms with van der Waals surface area (Å²) in [6, 6.07) is 0.810. The van der Waals surface area contributed by atoms with Crippen molar-refractivity contribution in [1.82, 2.24) is 15.5 Å². The van der Waals surface area contributed by atoms with E-state index in [-0.39, 0.29) is 29.8 Å². The number of likely N-dealkylation sites (tertiary alicyclic amines) is 1. The van der Waals surface area contributed by atoms with Crippen molar-refractivity contribution >= 4 is 16.1 Å². The van der Waals surface area contributed by atoms with Crippen LogP contribution in [0.2, 0.25) is 0 Å². The molecule has 0 aliphatic carbocycles. The molecule has 3 N–H and O–H groups in total. The Morgan fingerprint density at radius 1 is 1.41 bits per heavy atom. The molecule has 0 radical (unpaired) electrons. The number of nitrogens with zero attached hydrogens (tertiary/aromatic N) is 1. The SMILES string of the molecule is CC(F)C(C)C(C=N)C1=CC2C(CCN2C2CNC(S(C)(=O)=O)CC2C)N1. The monoisotopic (exact) mass is 400 g/mol. The highest BCUT2D eigenvalue weighted by molar-refractivity contribution is 7.91. The number of nitrogens with one attached hydrogen (secondary N) is 3. The molecule has 8 heteroatoms. The van der Waals surface area contributed by atoms with Crippen LogP contribution in [0.25, 0.3) is 0 Å². The zero-order chi connectivity index (χ0) is 19.9. The van der Waals surface area contributed by atoms with Gasteiger partial charge in [-0.25, -0.2) is 12.8 Å². The van der Waals surface area contributed by atoms with Gasteiger partial charge in [0.25, 0.3) is 0 Å². The van der Waals surface area contributed by atoms with Gasteiger partial charge in [0.1, 0.15) is 11.5 Å². The minimum Gasteiger partial charge on any atom is -0.383 e. The maximum absolute atomic E-state index is 13.8. The van der Waals surface area contributed by atoms with Crippen LogP contribution in [0.1, 0.15) is 33.6 Å². The van der Waals surface area contributed by atoms with Gasteiger partial charge in [0.15, 0.2) is 9.84 Å². The van der Waals surface area contributed by atoms with Crippen molar-refractivity contribution in [3.05, 3.63) is 11.8 Å². The minimum absolute atomic E-state index is 0.228. The van der Waals surface area contributed by atoms with Crippen LogP contribution in [0.4, 0.5) is 4.39 Å². The van der Waals surface area contributed by atoms with E-state index in [2.05, 4.69) is 28.5 Å². The van der Waals surface area contributed by atoms with Gasteiger partial charge in [-0.3, -0.25) is 10.2 Å². The zero-order valence-corrected chi connectivity index (χ0v) is 17.5. The van der Waals surface area contributed by atoms with Crippen LogP contribution in [-0.4, -0.2) is 68.5 Å². The quantitative estimate of drug-likeness (QED) is 0.589. The molecule has 3 rings (SSSR count). The Hall–Kier alpha value is -0.990. The number of halogens is 1. The Balaban J connectivity index is 1.73. The molecule has 3 heterocycles. The fourth-order valence-corrected chi connectivity index (χ4v) is 5.91. The molecule has 0 bridgehead atoms. The fraction of sp³-hybridized carbons (Fsp3) is 0.842. The number of fused-ring (bicyclic) bond motifs is 1. The number of sulfone groups is 1. The topological polar surface area (TPSA) is 85.3 Å². The van der Waals surface area contributed by atoms with Crippen molar-refractivity contribution in [2.45, 2.75) is 63.3 Å². The summed E-state index contributed by atoms with van der Waals surface area (Å²) < 4.78 is 37.5. The van der Waals surface area contributed by atoms with Gasteiger partial charge in [-0.05, 0) is 31.8 Å². The maximum atomic E-state index is 13.8. The van der Waals surface area contributed by atoms with E-state index in [9.17, 15) is 12.8 Å². The highest BCUT2D eigenvalue weighted by Crippen LogP contribution is 2.35. The van der Waals surface area contributed by atoms with Crippen molar-refractivity contribution in [3.63, 3.8) is 0 Å². The molecule has 0 saturated carbocycles. The third kappa shape index (κ3) is 4.07. The molecule has 6 nitrogen and oxygen atoms in total. The van der Waals surface area contributed by atoms with Crippen LogP contribution in [0, 0.1) is 23.2 Å². The summed E-state index contributed by atoms with van der Waals surface area (Å²) in [6.45, 7) is 7.18. The van der Waals surface area contributed by atoms with E-state index in [0.717, 1.165) is 18.7 Å². The van der Waals surface area contributed by atoms with Crippen LogP contribution < -0.4 is 10.6 Å². The van der Waals surface area contributed by atoms with E-state index in [1.165, 1.54) is 12.5 Å². The highest BCUT2D eigenvalue weighted by Gasteiger charge is 2.45. The number of piperidine rings is 1. The molecule has 0 spiro atoms. The Bertz CT molecular complexity index is 696. The Morgan fingerprint density at radius 3 is 2.67 bits per heavy atom. The second kappa shape index (κ2) is 7.79. The molecule has 154 valence electrons. The molecule has 2 fully saturated rings. The summed E-state index contributed by atoms with van der Waals surface area (Å²) in [6.07, 6.45) is 5.50. The first-order chi connectivity index (χ1) is 12.6. The van der Waals surface area contributed by atoms with E-state index in [1.807, 2.05) is 6.92 Å². The largest absolute Gasteiger partial charge is 0.383 e. The van der Waals surface area contributed by atoms with Gasteiger partial charge in [-0.1, -0.05) is 13.8 Å². The molecule has 8 atom stereocenters. The highest BCUT2D eigenvalue weighted by atomic mass is 32.2. The second-order valence-electron chi connectivity index (χ2n) is 8.63. The lowest BCUT2D eigenvalue weighted by atomic mass is 9.88. The molecule has 3 aliphatic heterocycles. The van der Waals surface area contributed by atoms with Gasteiger partial charge in [-0.15, -0.1) is 0 Å². The van der Waals surface area contributed by atoms with Crippen LogP contribution in [0.15, 0.2) is 11.8 Å². The summed E-state index contributed by atoms with van der Waals surface area (Å²) in [5.74, 6) is -0.182. The second-order valence-corrected chi connectivity index (χ2v) is 10.9. The number of hydrogen-bond donors (Lipinski definition) is 3. The van der Waals surface area contributed by atoms with Crippen LogP contribution >= 0.6 is 0 Å². The Kier molecular flexibility index (Phi) is 5.99. The molecule has 0 aromatic carbocycles. The van der Waals surface area contributed by atoms with Crippen LogP contribution in [0.5, 0.6) is 0 Å². The summed E-state index contributed by atoms with van der Waals surface area (Å²) in [4.78, 5) is 2.46. The number of rotatable bonds is 6. The first-order valence-corrected chi connectivity index (χ1v) is 11.9. The van der Waals surface area contributed by atoms with E-state index < -0.39 is 21.4 Å². The molecule has 3 aliphatic rings. The number of allylic oxidation sites excluding steroid dienone is 1. The third-order valence-electron chi connectivity index (χ3n) is 6.77. The van der Waals surface area contributed by atoms with Crippen molar-refractivity contribution in [2.75, 3.05) is 19.3 Å². The van der Waals surface area contributed by atoms with Gasteiger partial charge >= 0.3 is 0 Å². The van der Waals surface area contributed by atoms with Crippen molar-refractivity contribution in [1.29, 1.82) is 5.41 Å². The normalized spacial score (nSPS) is 37.8. The Labute approximate surface area is 162 Å². The van der Waals surface area contributed by atoms with Crippen molar-refractivity contribution in [2.24, 2.45) is 17.8 Å². The van der Waals surface area contributed by atoms with Gasteiger partial charge < -0.3 is 10.7 Å². The third-order valence-corrected chi connectivity index (χ3v) is 8.16. The van der Waals surface area contributed by atoms with Crippen LogP contribution in [0.3, 0.4) is 0 Å². The number of alkyl halides is 1. The maximum Gasteiger partial charge on any atom is 0.163 e. The summed E-state index contributed by atoms with van der Waals surface area (Å²) in [5, 5.41) is 14.1. The first-order valence-electron chi connectivity index (χ1n) is 9.94. The van der Waals surface area contributed by atoms with Crippen molar-refractivity contribution < 1.29 is 12.8 Å². The van der Waals surface area contributed by atoms with Crippen LogP contribution in [-0.2, 0) is 9.84 Å². The molecule has 0 aromatic rings. The van der Waals surface area contributed by atoms with E-state index in [4.69, 9.17) is 5.41 Å². The Morgan fingerprint density at radius 2 is 2.11 bits per heavy atom. The molecule has 2 saturated heterocycles. The molecule has 8 unspecified atom stereocenters. The zero-order valence-electron chi connectivity index (χ0n) is 16.7. The predicted molar refractivity (Wildman–Crippen MR) is 106 cm³/mol. The lowest BCUT2D eigenvalue weighted by molar-refractivity contribution is 0.120. The molecular weight excluding hydrogens is 367 g/mol. The summed E-state index contributed by atoms with van der Waals surface area (Å²) >= 11 is 0. The van der Waals surface area contributed by atoms with E-state index >= 15 is 0 Å². The first kappa shape index (κ1) is 20.7. The standard InChI is InChI=1S/C19H33FN4O2S/c1-11-7-19(27(4,25)26)22-10-18(11)24-6-5-15-17(24)8-16(23-15)14(9-21)12(2)13(3)20/h8-9,11-15,17-19,21-23H,5-7,10H2,1-4H3. The average Bonchev–Trinajstić information content (AvgIpc) is 3.15. The fourth-order valence-electron chi connectivity index (χ4n) is 4.86. The molecule has 0 aromatic heterocycles. The van der Waals surface area contributed by atoms with E-state index in [0.29, 0.717) is 19.0 Å². The molecule has 27 heavy (non-hydrogen) atoms. The summed E-state index contributed by atoms with van der Waals surface area (Å²) in [5.41, 5.74) is 0.965. The minimum atomic E-state index is -3.08. The van der Waals surface area contributed by atoms with E-state index in [1.54, 1.807) is 6.92 Å². The van der Waals surface area contributed by atoms with Gasteiger partial charge in [-0.2, -0.15) is 0 Å². The van der Waals surface area contributed by atoms with Gasteiger partial charge in [0.05, 0.1) is 6.04 Å². The lowest BCUT2D eigenvalue weighted by Crippen LogP contribution is -2.57. The molecule has 0 amide bonds. The average molecular weight is 401 g/mol.